The van der Waals surface area contributed by atoms with Crippen LogP contribution in [0, 0.1) is 6.92 Å². The number of aromatic amines is 1. The van der Waals surface area contributed by atoms with Crippen molar-refractivity contribution in [2.45, 2.75) is 31.7 Å². The van der Waals surface area contributed by atoms with Crippen LogP contribution in [0.2, 0.25) is 0 Å². The van der Waals surface area contributed by atoms with Gasteiger partial charge in [0.1, 0.15) is 6.23 Å². The predicted molar refractivity (Wildman–Crippen MR) is 71.1 cm³/mol. The van der Waals surface area contributed by atoms with Crippen LogP contribution < -0.4 is 50.6 Å². The van der Waals surface area contributed by atoms with Crippen molar-refractivity contribution in [2.24, 2.45) is 5.11 Å². The summed E-state index contributed by atoms with van der Waals surface area (Å²) in [6, 6.07) is -0.837. The molecule has 1 aromatic rings. The van der Waals surface area contributed by atoms with E-state index < -0.39 is 44.1 Å². The second kappa shape index (κ2) is 8.43. The van der Waals surface area contributed by atoms with Crippen LogP contribution in [-0.2, 0) is 13.8 Å². The first-order chi connectivity index (χ1) is 10.7. The summed E-state index contributed by atoms with van der Waals surface area (Å²) in [6.45, 7) is 0.849. The van der Waals surface area contributed by atoms with E-state index in [0.29, 0.717) is 0 Å². The van der Waals surface area contributed by atoms with E-state index in [4.69, 9.17) is 10.3 Å². The molecule has 2 heterocycles. The monoisotopic (exact) mass is 368 g/mol. The summed E-state index contributed by atoms with van der Waals surface area (Å²) in [6.07, 6.45) is -0.606. The van der Waals surface area contributed by atoms with Crippen molar-refractivity contribution in [3.8, 4) is 0 Å². The summed E-state index contributed by atoms with van der Waals surface area (Å²) in [4.78, 5) is 49.0. The molecular formula is C10H12N5NaO7P-. The third kappa shape index (κ3) is 5.28. The van der Waals surface area contributed by atoms with Crippen molar-refractivity contribution in [3.63, 3.8) is 0 Å². The Labute approximate surface area is 156 Å². The van der Waals surface area contributed by atoms with Gasteiger partial charge in [-0.05, 0) is 12.5 Å². The molecule has 0 aliphatic carbocycles. The maximum atomic E-state index is 11.8. The van der Waals surface area contributed by atoms with Gasteiger partial charge in [0.2, 0.25) is 0 Å². The van der Waals surface area contributed by atoms with Crippen molar-refractivity contribution in [1.29, 1.82) is 0 Å². The molecule has 12 nitrogen and oxygen atoms in total. The van der Waals surface area contributed by atoms with Gasteiger partial charge in [0.15, 0.2) is 0 Å². The predicted octanol–water partition coefficient (Wildman–Crippen LogP) is -4.34. The number of rotatable bonds is 5. The van der Waals surface area contributed by atoms with Gasteiger partial charge in [0, 0.05) is 23.1 Å². The number of ether oxygens (including phenoxy) is 1. The summed E-state index contributed by atoms with van der Waals surface area (Å²) in [5.41, 5.74) is 7.51. The first-order valence-electron chi connectivity index (χ1n) is 6.39. The normalized spacial score (nSPS) is 23.4. The standard InChI is InChI=1S/C10H14N5O7P.Na/c1-5-3-15(10(17)12-9(5)16)8-2-6(13-14-11)7(22-8)4-21-23(18,19)20;/h3,6-8H,2,4H2,1H3,(H,12,16,17)(H2,18,19,20);/q;+1/p-2/t6-,7+,8+;/m0./s1. The Morgan fingerprint density at radius 1 is 1.58 bits per heavy atom. The third-order valence-corrected chi connectivity index (χ3v) is 3.72. The number of nitrogens with zero attached hydrogens (tertiary/aromatic N) is 4. The van der Waals surface area contributed by atoms with Gasteiger partial charge in [-0.3, -0.25) is 14.3 Å². The van der Waals surface area contributed by atoms with Crippen LogP contribution in [0.5, 0.6) is 0 Å². The van der Waals surface area contributed by atoms with E-state index in [1.807, 2.05) is 0 Å². The van der Waals surface area contributed by atoms with Gasteiger partial charge < -0.3 is 23.6 Å². The average molecular weight is 368 g/mol. The van der Waals surface area contributed by atoms with E-state index in [1.54, 1.807) is 0 Å². The van der Waals surface area contributed by atoms with Gasteiger partial charge >= 0.3 is 35.2 Å². The first kappa shape index (κ1) is 21.1. The molecule has 2 rings (SSSR count). The van der Waals surface area contributed by atoms with Crippen molar-refractivity contribution >= 4 is 7.82 Å². The molecule has 0 radical (unpaired) electrons. The zero-order valence-corrected chi connectivity index (χ0v) is 15.7. The number of aryl methyl sites for hydroxylation is 1. The summed E-state index contributed by atoms with van der Waals surface area (Å²) in [7, 11) is -5.21. The van der Waals surface area contributed by atoms with Crippen LogP contribution in [0.25, 0.3) is 10.4 Å². The second-order valence-corrected chi connectivity index (χ2v) is 6.01. The van der Waals surface area contributed by atoms with Gasteiger partial charge in [0.25, 0.3) is 5.56 Å². The third-order valence-electron chi connectivity index (χ3n) is 3.26. The average Bonchev–Trinajstić information content (AvgIpc) is 2.83. The minimum absolute atomic E-state index is 0. The van der Waals surface area contributed by atoms with E-state index in [2.05, 4.69) is 19.5 Å². The van der Waals surface area contributed by atoms with Crippen molar-refractivity contribution < 1.29 is 53.2 Å². The Bertz CT molecular complexity index is 798. The fraction of sp³-hybridized carbons (Fsp3) is 0.600. The molecule has 0 saturated carbocycles. The Morgan fingerprint density at radius 3 is 2.83 bits per heavy atom. The number of phosphoric ester groups is 1. The van der Waals surface area contributed by atoms with Crippen LogP contribution in [0.4, 0.5) is 0 Å². The molecule has 1 fully saturated rings. The van der Waals surface area contributed by atoms with Crippen LogP contribution >= 0.6 is 7.82 Å². The molecular weight excluding hydrogens is 356 g/mol. The zero-order valence-electron chi connectivity index (χ0n) is 12.8. The minimum Gasteiger partial charge on any atom is -0.790 e. The number of aromatic nitrogens is 2. The largest absolute Gasteiger partial charge is 1.00 e. The smallest absolute Gasteiger partial charge is 0.790 e. The molecule has 1 N–H and O–H groups in total. The molecule has 1 saturated heterocycles. The Hall–Kier alpha value is -0.940. The molecule has 14 heteroatoms. The molecule has 1 aliphatic heterocycles. The molecule has 24 heavy (non-hydrogen) atoms. The van der Waals surface area contributed by atoms with E-state index in [-0.39, 0.29) is 41.5 Å². The number of phosphoric acid groups is 1. The second-order valence-electron chi connectivity index (χ2n) is 4.86. The Kier molecular flexibility index (Phi) is 7.42. The van der Waals surface area contributed by atoms with E-state index in [0.717, 1.165) is 4.57 Å². The number of hydrogen-bond acceptors (Lipinski definition) is 8. The van der Waals surface area contributed by atoms with Gasteiger partial charge in [-0.1, -0.05) is 5.11 Å². The van der Waals surface area contributed by atoms with E-state index >= 15 is 0 Å². The Balaban J connectivity index is 0.00000288. The number of hydrogen-bond donors (Lipinski definition) is 1. The van der Waals surface area contributed by atoms with E-state index in [9.17, 15) is 23.9 Å². The molecule has 3 atom stereocenters. The molecule has 126 valence electrons. The van der Waals surface area contributed by atoms with Crippen molar-refractivity contribution in [1.82, 2.24) is 9.55 Å². The molecule has 0 spiro atoms. The topological polar surface area (TPSA) is 185 Å². The number of azide groups is 1. The van der Waals surface area contributed by atoms with Crippen LogP contribution in [-0.4, -0.2) is 28.3 Å². The molecule has 1 aliphatic rings. The SMILES string of the molecule is Cc1cn([C@H]2C[C@H](N=[N+]=[N-])[C@@H](COP(=O)([O-])[O-])O2)c(=O)[nH]c1=O.[Na+]. The molecule has 0 unspecified atom stereocenters. The van der Waals surface area contributed by atoms with E-state index in [1.165, 1.54) is 13.1 Å². The van der Waals surface area contributed by atoms with Crippen LogP contribution in [0.3, 0.4) is 0 Å². The van der Waals surface area contributed by atoms with Gasteiger partial charge in [-0.2, -0.15) is 0 Å². The quantitative estimate of drug-likeness (QED) is 0.179. The van der Waals surface area contributed by atoms with Gasteiger partial charge in [-0.25, -0.2) is 4.79 Å². The summed E-state index contributed by atoms with van der Waals surface area (Å²) < 4.78 is 21.2. The summed E-state index contributed by atoms with van der Waals surface area (Å²) >= 11 is 0. The van der Waals surface area contributed by atoms with Gasteiger partial charge in [0.05, 0.1) is 26.6 Å². The maximum Gasteiger partial charge on any atom is 1.00 e. The molecule has 0 amide bonds. The minimum atomic E-state index is -5.21. The first-order valence-corrected chi connectivity index (χ1v) is 7.85. The van der Waals surface area contributed by atoms with Crippen molar-refractivity contribution in [3.05, 3.63) is 43.0 Å². The Morgan fingerprint density at radius 2 is 2.25 bits per heavy atom. The fourth-order valence-electron chi connectivity index (χ4n) is 2.19. The molecule has 0 bridgehead atoms. The maximum absolute atomic E-state index is 11.8. The summed E-state index contributed by atoms with van der Waals surface area (Å²) in [5.74, 6) is 0. The molecule has 1 aromatic heterocycles. The van der Waals surface area contributed by atoms with Crippen molar-refractivity contribution in [2.75, 3.05) is 6.61 Å². The fourth-order valence-corrected chi connectivity index (χ4v) is 2.52. The summed E-state index contributed by atoms with van der Waals surface area (Å²) in [5, 5.41) is 3.45. The van der Waals surface area contributed by atoms with Crippen LogP contribution in [0.1, 0.15) is 18.2 Å². The zero-order chi connectivity index (χ0) is 17.2. The number of nitrogens with one attached hydrogen (secondary N) is 1. The molecule has 0 aromatic carbocycles. The van der Waals surface area contributed by atoms with Gasteiger partial charge in [-0.15, -0.1) is 0 Å². The number of H-pyrrole nitrogens is 1. The van der Waals surface area contributed by atoms with Crippen LogP contribution in [0.15, 0.2) is 20.9 Å².